The highest BCUT2D eigenvalue weighted by Crippen LogP contribution is 2.26. The lowest BCUT2D eigenvalue weighted by molar-refractivity contribution is 0.0940. The zero-order chi connectivity index (χ0) is 17.2. The maximum atomic E-state index is 12.8. The van der Waals surface area contributed by atoms with Gasteiger partial charge in [0.15, 0.2) is 5.16 Å². The summed E-state index contributed by atoms with van der Waals surface area (Å²) in [6.45, 7) is 0.597. The number of carbonyl (C=O) groups is 1. The summed E-state index contributed by atoms with van der Waals surface area (Å²) in [4.78, 5) is 30.6. The van der Waals surface area contributed by atoms with Gasteiger partial charge in [-0.1, -0.05) is 48.2 Å². The molecule has 0 bridgehead atoms. The molecule has 1 aliphatic heterocycles. The molecule has 3 aromatic rings. The summed E-state index contributed by atoms with van der Waals surface area (Å²) < 4.78 is 1.57. The number of hydrogen-bond donors (Lipinski definition) is 1. The van der Waals surface area contributed by atoms with Gasteiger partial charge < -0.3 is 5.32 Å². The van der Waals surface area contributed by atoms with E-state index in [2.05, 4.69) is 10.3 Å². The van der Waals surface area contributed by atoms with Gasteiger partial charge in [0.1, 0.15) is 5.56 Å². The summed E-state index contributed by atoms with van der Waals surface area (Å²) in [5, 5.41) is 5.65. The second-order valence-electron chi connectivity index (χ2n) is 5.59. The molecular weight excluding hydrogens is 354 g/mol. The van der Waals surface area contributed by atoms with E-state index in [0.29, 0.717) is 11.7 Å². The number of benzene rings is 1. The van der Waals surface area contributed by atoms with Crippen LogP contribution in [0.1, 0.15) is 26.8 Å². The number of hydrogen-bond acceptors (Lipinski definition) is 5. The van der Waals surface area contributed by atoms with Gasteiger partial charge in [-0.3, -0.25) is 14.2 Å². The van der Waals surface area contributed by atoms with E-state index in [0.717, 1.165) is 16.2 Å². The molecule has 0 saturated heterocycles. The molecule has 0 fully saturated rings. The van der Waals surface area contributed by atoms with E-state index >= 15 is 0 Å². The molecule has 4 rings (SSSR count). The van der Waals surface area contributed by atoms with Crippen LogP contribution in [0.25, 0.3) is 0 Å². The molecule has 1 N–H and O–H groups in total. The van der Waals surface area contributed by atoms with Gasteiger partial charge in [0.2, 0.25) is 0 Å². The zero-order valence-corrected chi connectivity index (χ0v) is 14.8. The average Bonchev–Trinajstić information content (AvgIpc) is 3.32. The predicted molar refractivity (Wildman–Crippen MR) is 99.3 cm³/mol. The lowest BCUT2D eigenvalue weighted by Gasteiger charge is -2.18. The molecule has 1 aromatic carbocycles. The molecule has 1 aliphatic rings. The monoisotopic (exact) mass is 369 g/mol. The largest absolute Gasteiger partial charge is 0.340 e. The molecule has 0 radical (unpaired) electrons. The van der Waals surface area contributed by atoms with Crippen LogP contribution in [0.3, 0.4) is 0 Å². The van der Waals surface area contributed by atoms with Crippen molar-refractivity contribution >= 4 is 29.0 Å². The van der Waals surface area contributed by atoms with E-state index in [1.54, 1.807) is 15.9 Å². The topological polar surface area (TPSA) is 64.0 Å². The van der Waals surface area contributed by atoms with Crippen molar-refractivity contribution in [1.82, 2.24) is 14.9 Å². The molecule has 2 aromatic heterocycles. The molecule has 7 heteroatoms. The molecule has 1 amide bonds. The molecule has 0 saturated carbocycles. The number of nitrogens with zero attached hydrogens (tertiary/aromatic N) is 2. The number of aromatic nitrogens is 2. The van der Waals surface area contributed by atoms with E-state index < -0.39 is 5.91 Å². The normalized spacial score (nSPS) is 14.1. The van der Waals surface area contributed by atoms with Crippen molar-refractivity contribution in [3.63, 3.8) is 0 Å². The van der Waals surface area contributed by atoms with Gasteiger partial charge in [0, 0.05) is 23.4 Å². The highest BCUT2D eigenvalue weighted by molar-refractivity contribution is 7.99. The first-order valence-electron chi connectivity index (χ1n) is 7.86. The Morgan fingerprint density at radius 3 is 2.80 bits per heavy atom. The highest BCUT2D eigenvalue weighted by Gasteiger charge is 2.23. The van der Waals surface area contributed by atoms with Crippen molar-refractivity contribution in [2.24, 2.45) is 0 Å². The molecule has 1 atom stereocenters. The molecular formula is C18H15N3O2S2. The van der Waals surface area contributed by atoms with Crippen LogP contribution in [0.15, 0.2) is 64.0 Å². The molecule has 126 valence electrons. The summed E-state index contributed by atoms with van der Waals surface area (Å²) in [6, 6.07) is 13.4. The number of thioether (sulfide) groups is 1. The number of carbonyl (C=O) groups excluding carboxylic acids is 1. The summed E-state index contributed by atoms with van der Waals surface area (Å²) in [6.07, 6.45) is 1.39. The van der Waals surface area contributed by atoms with Crippen LogP contribution in [0.4, 0.5) is 0 Å². The molecule has 0 aliphatic carbocycles. The standard InChI is InChI=1S/C18H15N3O2S2/c22-16(13-11-19-18-21(17(13)23)8-10-25-18)20-15(14-7-4-9-24-14)12-5-2-1-3-6-12/h1-7,9,11,15H,8,10H2,(H,20,22). The average molecular weight is 369 g/mol. The van der Waals surface area contributed by atoms with Crippen molar-refractivity contribution in [1.29, 1.82) is 0 Å². The fourth-order valence-electron chi connectivity index (χ4n) is 2.80. The van der Waals surface area contributed by atoms with E-state index in [9.17, 15) is 9.59 Å². The quantitative estimate of drug-likeness (QED) is 0.718. The van der Waals surface area contributed by atoms with Crippen LogP contribution in [0, 0.1) is 0 Å². The molecule has 0 spiro atoms. The first-order valence-corrected chi connectivity index (χ1v) is 9.72. The third-order valence-electron chi connectivity index (χ3n) is 4.04. The lowest BCUT2D eigenvalue weighted by atomic mass is 10.1. The smallest absolute Gasteiger partial charge is 0.267 e. The Kier molecular flexibility index (Phi) is 4.42. The second kappa shape index (κ2) is 6.85. The lowest BCUT2D eigenvalue weighted by Crippen LogP contribution is -2.35. The van der Waals surface area contributed by atoms with Crippen LogP contribution in [-0.2, 0) is 6.54 Å². The number of amides is 1. The predicted octanol–water partition coefficient (Wildman–Crippen LogP) is 2.93. The number of rotatable bonds is 4. The van der Waals surface area contributed by atoms with Crippen LogP contribution >= 0.6 is 23.1 Å². The molecule has 5 nitrogen and oxygen atoms in total. The SMILES string of the molecule is O=C(NC(c1ccccc1)c1cccs1)c1cnc2n(c1=O)CCS2. The fourth-order valence-corrected chi connectivity index (χ4v) is 4.52. The Bertz CT molecular complexity index is 952. The Hall–Kier alpha value is -2.38. The van der Waals surface area contributed by atoms with E-state index in [1.165, 1.54) is 18.0 Å². The highest BCUT2D eigenvalue weighted by atomic mass is 32.2. The van der Waals surface area contributed by atoms with Crippen LogP contribution in [0.5, 0.6) is 0 Å². The van der Waals surface area contributed by atoms with E-state index in [-0.39, 0.29) is 17.2 Å². The Labute approximate surface area is 152 Å². The van der Waals surface area contributed by atoms with Gasteiger partial charge in [-0.25, -0.2) is 4.98 Å². The molecule has 25 heavy (non-hydrogen) atoms. The number of thiophene rings is 1. The van der Waals surface area contributed by atoms with Crippen molar-refractivity contribution in [2.45, 2.75) is 17.7 Å². The first-order chi connectivity index (χ1) is 12.2. The van der Waals surface area contributed by atoms with Gasteiger partial charge in [-0.2, -0.15) is 0 Å². The minimum absolute atomic E-state index is 0.0868. The summed E-state index contributed by atoms with van der Waals surface area (Å²) >= 11 is 3.10. The van der Waals surface area contributed by atoms with Crippen molar-refractivity contribution < 1.29 is 4.79 Å². The van der Waals surface area contributed by atoms with Crippen molar-refractivity contribution in [3.8, 4) is 0 Å². The Balaban J connectivity index is 1.67. The van der Waals surface area contributed by atoms with Gasteiger partial charge in [-0.15, -0.1) is 11.3 Å². The molecule has 3 heterocycles. The second-order valence-corrected chi connectivity index (χ2v) is 7.63. The van der Waals surface area contributed by atoms with E-state index in [1.807, 2.05) is 47.8 Å². The third kappa shape index (κ3) is 3.12. The summed E-state index contributed by atoms with van der Waals surface area (Å²) in [7, 11) is 0. The van der Waals surface area contributed by atoms with Gasteiger partial charge in [-0.05, 0) is 17.0 Å². The Morgan fingerprint density at radius 1 is 1.20 bits per heavy atom. The first kappa shape index (κ1) is 16.1. The Morgan fingerprint density at radius 2 is 2.04 bits per heavy atom. The fraction of sp³-hybridized carbons (Fsp3) is 0.167. The van der Waals surface area contributed by atoms with Crippen molar-refractivity contribution in [2.75, 3.05) is 5.75 Å². The minimum atomic E-state index is -0.396. The van der Waals surface area contributed by atoms with E-state index in [4.69, 9.17) is 0 Å². The number of nitrogens with one attached hydrogen (secondary N) is 1. The maximum absolute atomic E-state index is 12.8. The third-order valence-corrected chi connectivity index (χ3v) is 5.95. The number of fused-ring (bicyclic) bond motifs is 1. The van der Waals surface area contributed by atoms with Gasteiger partial charge in [0.25, 0.3) is 11.5 Å². The van der Waals surface area contributed by atoms with Crippen LogP contribution in [0.2, 0.25) is 0 Å². The van der Waals surface area contributed by atoms with Crippen LogP contribution < -0.4 is 10.9 Å². The minimum Gasteiger partial charge on any atom is -0.340 e. The summed E-state index contributed by atoms with van der Waals surface area (Å²) in [5.41, 5.74) is 0.789. The maximum Gasteiger partial charge on any atom is 0.267 e. The van der Waals surface area contributed by atoms with Crippen LogP contribution in [-0.4, -0.2) is 21.2 Å². The zero-order valence-electron chi connectivity index (χ0n) is 13.2. The van der Waals surface area contributed by atoms with Crippen molar-refractivity contribution in [3.05, 3.63) is 80.4 Å². The van der Waals surface area contributed by atoms with Gasteiger partial charge >= 0.3 is 0 Å². The van der Waals surface area contributed by atoms with Gasteiger partial charge in [0.05, 0.1) is 6.04 Å². The molecule has 1 unspecified atom stereocenters. The summed E-state index contributed by atoms with van der Waals surface area (Å²) in [5.74, 6) is 0.418.